The van der Waals surface area contributed by atoms with E-state index in [0.717, 1.165) is 31.5 Å². The molecule has 2 aliphatic rings. The second-order valence-electron chi connectivity index (χ2n) is 5.58. The average molecular weight is 263 g/mol. The number of nitrogens with zero attached hydrogens (tertiary/aromatic N) is 1. The molecule has 0 saturated heterocycles. The lowest BCUT2D eigenvalue weighted by atomic mass is 9.92. The molecule has 0 spiro atoms. The van der Waals surface area contributed by atoms with Gasteiger partial charge in [0.25, 0.3) is 5.56 Å². The summed E-state index contributed by atoms with van der Waals surface area (Å²) in [6, 6.07) is 1.83. The van der Waals surface area contributed by atoms with Crippen molar-refractivity contribution in [3.05, 3.63) is 22.2 Å². The first-order chi connectivity index (χ1) is 9.26. The van der Waals surface area contributed by atoms with E-state index in [1.165, 1.54) is 18.9 Å². The van der Waals surface area contributed by atoms with Crippen LogP contribution in [0.1, 0.15) is 50.3 Å². The highest BCUT2D eigenvalue weighted by atomic mass is 16.5. The van der Waals surface area contributed by atoms with Crippen molar-refractivity contribution in [2.24, 2.45) is 0 Å². The van der Waals surface area contributed by atoms with Crippen LogP contribution in [0.2, 0.25) is 0 Å². The predicted molar refractivity (Wildman–Crippen MR) is 72.6 cm³/mol. The standard InChI is InChI=1S/C14H21N3O2/c1-15-10-4-2-3-5-11(10)19-13-8-12(18)16-14(17-13)9-6-7-9/h8-11,15H,2-7H2,1H3,(H,16,17,18). The van der Waals surface area contributed by atoms with E-state index in [0.29, 0.717) is 17.8 Å². The number of ether oxygens (including phenoxy) is 1. The summed E-state index contributed by atoms with van der Waals surface area (Å²) in [6.07, 6.45) is 6.94. The zero-order chi connectivity index (χ0) is 13.2. The van der Waals surface area contributed by atoms with Crippen LogP contribution in [0.4, 0.5) is 0 Å². The number of likely N-dealkylation sites (N-methyl/N-ethyl adjacent to an activating group) is 1. The van der Waals surface area contributed by atoms with Gasteiger partial charge in [-0.15, -0.1) is 0 Å². The number of hydrogen-bond donors (Lipinski definition) is 2. The monoisotopic (exact) mass is 263 g/mol. The summed E-state index contributed by atoms with van der Waals surface area (Å²) >= 11 is 0. The topological polar surface area (TPSA) is 67.0 Å². The minimum Gasteiger partial charge on any atom is -0.473 e. The van der Waals surface area contributed by atoms with Gasteiger partial charge in [0.15, 0.2) is 0 Å². The van der Waals surface area contributed by atoms with E-state index in [2.05, 4.69) is 15.3 Å². The summed E-state index contributed by atoms with van der Waals surface area (Å²) in [4.78, 5) is 18.9. The third kappa shape index (κ3) is 2.97. The van der Waals surface area contributed by atoms with Gasteiger partial charge < -0.3 is 15.0 Å². The Morgan fingerprint density at radius 3 is 2.84 bits per heavy atom. The SMILES string of the molecule is CNC1CCCCC1Oc1cc(=O)[nH]c(C2CC2)n1. The van der Waals surface area contributed by atoms with Gasteiger partial charge >= 0.3 is 0 Å². The van der Waals surface area contributed by atoms with E-state index < -0.39 is 0 Å². The van der Waals surface area contributed by atoms with Gasteiger partial charge in [-0.25, -0.2) is 0 Å². The fraction of sp³-hybridized carbons (Fsp3) is 0.714. The van der Waals surface area contributed by atoms with Crippen LogP contribution in [-0.2, 0) is 0 Å². The summed E-state index contributed by atoms with van der Waals surface area (Å²) in [5.41, 5.74) is -0.108. The molecule has 1 aromatic heterocycles. The number of nitrogens with one attached hydrogen (secondary N) is 2. The Kier molecular flexibility index (Phi) is 3.55. The highest BCUT2D eigenvalue weighted by Crippen LogP contribution is 2.38. The number of rotatable bonds is 4. The maximum Gasteiger partial charge on any atom is 0.254 e. The number of hydrogen-bond acceptors (Lipinski definition) is 4. The Balaban J connectivity index is 1.76. The van der Waals surface area contributed by atoms with Crippen molar-refractivity contribution in [3.63, 3.8) is 0 Å². The first-order valence-electron chi connectivity index (χ1n) is 7.21. The number of H-pyrrole nitrogens is 1. The molecule has 1 aromatic rings. The second kappa shape index (κ2) is 5.33. The van der Waals surface area contributed by atoms with Crippen LogP contribution in [0.5, 0.6) is 5.88 Å². The van der Waals surface area contributed by atoms with Gasteiger partial charge in [0.1, 0.15) is 11.9 Å². The van der Waals surface area contributed by atoms with Crippen LogP contribution in [-0.4, -0.2) is 29.2 Å². The Labute approximate surface area is 112 Å². The van der Waals surface area contributed by atoms with E-state index >= 15 is 0 Å². The first-order valence-corrected chi connectivity index (χ1v) is 7.21. The van der Waals surface area contributed by atoms with Gasteiger partial charge in [-0.1, -0.05) is 6.42 Å². The molecule has 0 amide bonds. The van der Waals surface area contributed by atoms with Crippen molar-refractivity contribution in [1.29, 1.82) is 0 Å². The molecule has 1 heterocycles. The van der Waals surface area contributed by atoms with Crippen LogP contribution in [0, 0.1) is 0 Å². The van der Waals surface area contributed by atoms with Gasteiger partial charge in [0.2, 0.25) is 5.88 Å². The van der Waals surface area contributed by atoms with Gasteiger partial charge in [-0.05, 0) is 39.2 Å². The van der Waals surface area contributed by atoms with Crippen LogP contribution in [0.15, 0.2) is 10.9 Å². The van der Waals surface area contributed by atoms with E-state index in [1.54, 1.807) is 0 Å². The van der Waals surface area contributed by atoms with Crippen molar-refractivity contribution < 1.29 is 4.74 Å². The van der Waals surface area contributed by atoms with E-state index in [1.807, 2.05) is 7.05 Å². The Morgan fingerprint density at radius 2 is 2.11 bits per heavy atom. The summed E-state index contributed by atoms with van der Waals surface area (Å²) in [5.74, 6) is 1.71. The Bertz CT molecular complexity index is 496. The fourth-order valence-corrected chi connectivity index (χ4v) is 2.79. The maximum atomic E-state index is 11.6. The van der Waals surface area contributed by atoms with E-state index in [-0.39, 0.29) is 11.7 Å². The molecule has 2 saturated carbocycles. The molecular weight excluding hydrogens is 242 g/mol. The molecular formula is C14H21N3O2. The number of aromatic nitrogens is 2. The molecule has 0 bridgehead atoms. The molecule has 2 fully saturated rings. The van der Waals surface area contributed by atoms with Crippen LogP contribution >= 0.6 is 0 Å². The fourth-order valence-electron chi connectivity index (χ4n) is 2.79. The van der Waals surface area contributed by atoms with Crippen molar-refractivity contribution in [2.75, 3.05) is 7.05 Å². The van der Waals surface area contributed by atoms with Gasteiger partial charge in [-0.3, -0.25) is 4.79 Å². The molecule has 19 heavy (non-hydrogen) atoms. The molecule has 5 nitrogen and oxygen atoms in total. The second-order valence-corrected chi connectivity index (χ2v) is 5.58. The van der Waals surface area contributed by atoms with Gasteiger partial charge in [-0.2, -0.15) is 4.98 Å². The minimum atomic E-state index is -0.108. The van der Waals surface area contributed by atoms with Crippen LogP contribution in [0.25, 0.3) is 0 Å². The lowest BCUT2D eigenvalue weighted by Crippen LogP contribution is -2.43. The zero-order valence-corrected chi connectivity index (χ0v) is 11.3. The largest absolute Gasteiger partial charge is 0.473 e. The minimum absolute atomic E-state index is 0.108. The van der Waals surface area contributed by atoms with E-state index in [4.69, 9.17) is 4.74 Å². The third-order valence-corrected chi connectivity index (χ3v) is 4.05. The number of aromatic amines is 1. The molecule has 2 atom stereocenters. The van der Waals surface area contributed by atoms with Crippen molar-refractivity contribution in [3.8, 4) is 5.88 Å². The third-order valence-electron chi connectivity index (χ3n) is 4.05. The Hall–Kier alpha value is -1.36. The lowest BCUT2D eigenvalue weighted by molar-refractivity contribution is 0.112. The predicted octanol–water partition coefficient (Wildman–Crippen LogP) is 1.56. The lowest BCUT2D eigenvalue weighted by Gasteiger charge is -2.31. The molecule has 2 N–H and O–H groups in total. The maximum absolute atomic E-state index is 11.6. The Morgan fingerprint density at radius 1 is 1.32 bits per heavy atom. The first kappa shape index (κ1) is 12.7. The van der Waals surface area contributed by atoms with Crippen LogP contribution < -0.4 is 15.6 Å². The van der Waals surface area contributed by atoms with Crippen molar-refractivity contribution in [1.82, 2.24) is 15.3 Å². The molecule has 0 aromatic carbocycles. The zero-order valence-electron chi connectivity index (χ0n) is 11.3. The summed E-state index contributed by atoms with van der Waals surface area (Å²) in [7, 11) is 1.97. The normalized spacial score (nSPS) is 27.2. The highest BCUT2D eigenvalue weighted by molar-refractivity contribution is 5.14. The molecule has 2 unspecified atom stereocenters. The smallest absolute Gasteiger partial charge is 0.254 e. The summed E-state index contributed by atoms with van der Waals surface area (Å²) in [6.45, 7) is 0. The molecule has 0 radical (unpaired) electrons. The van der Waals surface area contributed by atoms with Gasteiger partial charge in [0.05, 0.1) is 6.07 Å². The molecule has 0 aliphatic heterocycles. The van der Waals surface area contributed by atoms with Crippen molar-refractivity contribution in [2.45, 2.75) is 56.6 Å². The molecule has 2 aliphatic carbocycles. The quantitative estimate of drug-likeness (QED) is 0.865. The van der Waals surface area contributed by atoms with E-state index in [9.17, 15) is 4.79 Å². The van der Waals surface area contributed by atoms with Crippen molar-refractivity contribution >= 4 is 0 Å². The molecule has 104 valence electrons. The summed E-state index contributed by atoms with van der Waals surface area (Å²) < 4.78 is 5.96. The summed E-state index contributed by atoms with van der Waals surface area (Å²) in [5, 5.41) is 3.30. The van der Waals surface area contributed by atoms with Crippen LogP contribution in [0.3, 0.4) is 0 Å². The highest BCUT2D eigenvalue weighted by Gasteiger charge is 2.28. The average Bonchev–Trinajstić information content (AvgIpc) is 3.23. The van der Waals surface area contributed by atoms with Gasteiger partial charge in [0, 0.05) is 12.0 Å². The molecule has 3 rings (SSSR count). The molecule has 5 heteroatoms.